The number of ether oxygens (including phenoxy) is 3. The molecule has 2 saturated heterocycles. The molecule has 0 spiro atoms. The van der Waals surface area contributed by atoms with Crippen LogP contribution in [0.15, 0.2) is 18.2 Å². The van der Waals surface area contributed by atoms with Crippen molar-refractivity contribution in [1.82, 2.24) is 10.2 Å². The average Bonchev–Trinajstić information content (AvgIpc) is 3.16. The van der Waals surface area contributed by atoms with Gasteiger partial charge in [0.2, 0.25) is 0 Å². The minimum atomic E-state index is -0.563. The van der Waals surface area contributed by atoms with Gasteiger partial charge in [0.15, 0.2) is 6.61 Å². The van der Waals surface area contributed by atoms with Gasteiger partial charge in [-0.25, -0.2) is 9.18 Å². The Morgan fingerprint density at radius 1 is 1.28 bits per heavy atom. The van der Waals surface area contributed by atoms with E-state index in [0.29, 0.717) is 37.6 Å². The van der Waals surface area contributed by atoms with Crippen molar-refractivity contribution in [1.29, 1.82) is 0 Å². The first kappa shape index (κ1) is 23.5. The molecule has 2 amide bonds. The molecule has 1 atom stereocenters. The predicted octanol–water partition coefficient (Wildman–Crippen LogP) is 0.884. The van der Waals surface area contributed by atoms with Gasteiger partial charge in [-0.3, -0.25) is 14.5 Å². The van der Waals surface area contributed by atoms with E-state index in [1.54, 1.807) is 17.0 Å². The molecule has 2 heterocycles. The number of nitrogens with one attached hydrogen (secondary N) is 1. The largest absolute Gasteiger partial charge is 0.474 e. The number of benzene rings is 1. The van der Waals surface area contributed by atoms with E-state index >= 15 is 0 Å². The van der Waals surface area contributed by atoms with Crippen molar-refractivity contribution in [2.75, 3.05) is 62.8 Å². The van der Waals surface area contributed by atoms with E-state index < -0.39 is 24.0 Å². The first-order valence-electron chi connectivity index (χ1n) is 10.0. The summed E-state index contributed by atoms with van der Waals surface area (Å²) < 4.78 is 29.7. The topological polar surface area (TPSA) is 101 Å². The lowest BCUT2D eigenvalue weighted by Crippen LogP contribution is -2.50. The van der Waals surface area contributed by atoms with Crippen LogP contribution in [0.5, 0.6) is 0 Å². The lowest BCUT2D eigenvalue weighted by atomic mass is 10.2. The molecule has 1 aromatic carbocycles. The molecular weight excluding hydrogens is 443 g/mol. The zero-order valence-electron chi connectivity index (χ0n) is 17.8. The van der Waals surface area contributed by atoms with Crippen LogP contribution in [0.1, 0.15) is 6.92 Å². The number of methoxy groups -OCH3 is 1. The summed E-state index contributed by atoms with van der Waals surface area (Å²) in [6.07, 6.45) is -1.01. The SMILES string of the molecule is COC(=S)NCC1CN(c2ccc(N3CCN(C(=O)COC(C)=O)CC3)c(F)c2)C(=O)O1. The second-order valence-corrected chi connectivity index (χ2v) is 7.64. The molecule has 0 aliphatic carbocycles. The molecule has 10 nitrogen and oxygen atoms in total. The number of thiocarbonyl (C=S) groups is 1. The summed E-state index contributed by atoms with van der Waals surface area (Å²) in [7, 11) is 1.44. The molecule has 2 fully saturated rings. The van der Waals surface area contributed by atoms with Crippen LogP contribution in [0, 0.1) is 5.82 Å². The summed E-state index contributed by atoms with van der Waals surface area (Å²) in [5.41, 5.74) is 0.778. The number of nitrogens with zero attached hydrogens (tertiary/aromatic N) is 3. The van der Waals surface area contributed by atoms with Crippen molar-refractivity contribution >= 4 is 46.7 Å². The van der Waals surface area contributed by atoms with Crippen LogP contribution in [-0.4, -0.2) is 87.1 Å². The Hall–Kier alpha value is -3.15. The van der Waals surface area contributed by atoms with Gasteiger partial charge < -0.3 is 29.3 Å². The van der Waals surface area contributed by atoms with Crippen molar-refractivity contribution in [3.05, 3.63) is 24.0 Å². The number of carbonyl (C=O) groups excluding carboxylic acids is 3. The normalized spacial score (nSPS) is 18.3. The van der Waals surface area contributed by atoms with E-state index in [4.69, 9.17) is 26.4 Å². The fraction of sp³-hybridized carbons (Fsp3) is 0.500. The molecule has 12 heteroatoms. The van der Waals surface area contributed by atoms with Gasteiger partial charge in [-0.05, 0) is 30.4 Å². The third-order valence-electron chi connectivity index (χ3n) is 5.15. The van der Waals surface area contributed by atoms with E-state index in [1.165, 1.54) is 25.0 Å². The first-order valence-corrected chi connectivity index (χ1v) is 10.4. The zero-order chi connectivity index (χ0) is 23.3. The maximum absolute atomic E-state index is 14.9. The first-order chi connectivity index (χ1) is 15.3. The highest BCUT2D eigenvalue weighted by molar-refractivity contribution is 7.80. The van der Waals surface area contributed by atoms with Crippen LogP contribution >= 0.6 is 12.2 Å². The van der Waals surface area contributed by atoms with Gasteiger partial charge in [-0.2, -0.15) is 0 Å². The van der Waals surface area contributed by atoms with Crippen molar-refractivity contribution in [2.45, 2.75) is 13.0 Å². The number of piperazine rings is 1. The second-order valence-electron chi connectivity index (χ2n) is 7.27. The number of hydrogen-bond donors (Lipinski definition) is 1. The third-order valence-corrected chi connectivity index (χ3v) is 5.46. The van der Waals surface area contributed by atoms with Crippen LogP contribution < -0.4 is 15.1 Å². The Bertz CT molecular complexity index is 893. The molecule has 0 saturated carbocycles. The molecular formula is C20H25FN4O6S. The summed E-state index contributed by atoms with van der Waals surface area (Å²) in [6.45, 7) is 3.12. The van der Waals surface area contributed by atoms with Crippen LogP contribution in [0.2, 0.25) is 0 Å². The summed E-state index contributed by atoms with van der Waals surface area (Å²) >= 11 is 4.90. The molecule has 2 aliphatic heterocycles. The lowest BCUT2D eigenvalue weighted by molar-refractivity contribution is -0.150. The Morgan fingerprint density at radius 2 is 2.00 bits per heavy atom. The van der Waals surface area contributed by atoms with E-state index in [2.05, 4.69) is 5.32 Å². The van der Waals surface area contributed by atoms with Crippen molar-refractivity contribution < 1.29 is 33.0 Å². The maximum atomic E-state index is 14.9. The zero-order valence-corrected chi connectivity index (χ0v) is 18.7. The number of hydrogen-bond acceptors (Lipinski definition) is 8. The molecule has 2 aliphatic rings. The van der Waals surface area contributed by atoms with Crippen LogP contribution in [0.25, 0.3) is 0 Å². The highest BCUT2D eigenvalue weighted by atomic mass is 32.1. The van der Waals surface area contributed by atoms with E-state index in [-0.39, 0.29) is 30.8 Å². The van der Waals surface area contributed by atoms with Gasteiger partial charge in [0.1, 0.15) is 11.9 Å². The van der Waals surface area contributed by atoms with E-state index in [0.717, 1.165) is 0 Å². The van der Waals surface area contributed by atoms with Crippen molar-refractivity contribution in [2.24, 2.45) is 0 Å². The molecule has 32 heavy (non-hydrogen) atoms. The summed E-state index contributed by atoms with van der Waals surface area (Å²) in [6, 6.07) is 4.57. The number of amides is 2. The van der Waals surface area contributed by atoms with Crippen LogP contribution in [0.4, 0.5) is 20.6 Å². The Morgan fingerprint density at radius 3 is 2.62 bits per heavy atom. The fourth-order valence-electron chi connectivity index (χ4n) is 3.48. The lowest BCUT2D eigenvalue weighted by Gasteiger charge is -2.36. The van der Waals surface area contributed by atoms with Gasteiger partial charge in [0.25, 0.3) is 11.1 Å². The number of cyclic esters (lactones) is 1. The molecule has 0 bridgehead atoms. The summed E-state index contributed by atoms with van der Waals surface area (Å²) in [4.78, 5) is 39.9. The van der Waals surface area contributed by atoms with Gasteiger partial charge >= 0.3 is 12.1 Å². The fourth-order valence-corrected chi connectivity index (χ4v) is 3.56. The van der Waals surface area contributed by atoms with Gasteiger partial charge in [0, 0.05) is 33.1 Å². The van der Waals surface area contributed by atoms with Crippen molar-refractivity contribution in [3.63, 3.8) is 0 Å². The van der Waals surface area contributed by atoms with Crippen LogP contribution in [0.3, 0.4) is 0 Å². The highest BCUT2D eigenvalue weighted by Crippen LogP contribution is 2.28. The third kappa shape index (κ3) is 5.75. The Kier molecular flexibility index (Phi) is 7.67. The Balaban J connectivity index is 1.57. The van der Waals surface area contributed by atoms with Gasteiger partial charge in [0.05, 0.1) is 31.6 Å². The Labute approximate surface area is 190 Å². The molecule has 174 valence electrons. The monoisotopic (exact) mass is 468 g/mol. The molecule has 1 N–H and O–H groups in total. The number of rotatable bonds is 6. The van der Waals surface area contributed by atoms with Crippen molar-refractivity contribution in [3.8, 4) is 0 Å². The molecule has 0 aromatic heterocycles. The predicted molar refractivity (Wildman–Crippen MR) is 117 cm³/mol. The summed E-state index contributed by atoms with van der Waals surface area (Å²) in [5.74, 6) is -1.27. The van der Waals surface area contributed by atoms with E-state index in [9.17, 15) is 18.8 Å². The quantitative estimate of drug-likeness (QED) is 0.482. The van der Waals surface area contributed by atoms with Gasteiger partial charge in [-0.15, -0.1) is 0 Å². The molecule has 3 rings (SSSR count). The number of halogens is 1. The number of anilines is 2. The summed E-state index contributed by atoms with van der Waals surface area (Å²) in [5, 5.41) is 3.02. The second kappa shape index (κ2) is 10.4. The smallest absolute Gasteiger partial charge is 0.414 e. The highest BCUT2D eigenvalue weighted by Gasteiger charge is 2.33. The van der Waals surface area contributed by atoms with Crippen LogP contribution in [-0.2, 0) is 23.8 Å². The average molecular weight is 469 g/mol. The van der Waals surface area contributed by atoms with E-state index in [1.807, 2.05) is 4.90 Å². The number of carbonyl (C=O) groups is 3. The molecule has 1 unspecified atom stereocenters. The minimum Gasteiger partial charge on any atom is -0.474 e. The molecule has 0 radical (unpaired) electrons. The standard InChI is InChI=1S/C20H25FN4O6S/c1-13(26)30-12-18(27)24-7-5-23(6-8-24)17-4-3-14(9-16(17)21)25-11-15(31-20(25)28)10-22-19(32)29-2/h3-4,9,15H,5-8,10-12H2,1-2H3,(H,22,32). The van der Waals surface area contributed by atoms with Gasteiger partial charge in [-0.1, -0.05) is 0 Å². The number of esters is 1. The maximum Gasteiger partial charge on any atom is 0.414 e. The molecule has 1 aromatic rings. The minimum absolute atomic E-state index is 0.197.